The lowest BCUT2D eigenvalue weighted by molar-refractivity contribution is 0.414. The van der Waals surface area contributed by atoms with Crippen LogP contribution < -0.4 is 15.0 Å². The van der Waals surface area contributed by atoms with Crippen LogP contribution in [0.4, 0.5) is 11.4 Å². The number of methoxy groups -OCH3 is 1. The van der Waals surface area contributed by atoms with E-state index in [0.29, 0.717) is 12.1 Å². The van der Waals surface area contributed by atoms with Crippen LogP contribution in [-0.2, 0) is 0 Å². The van der Waals surface area contributed by atoms with Crippen LogP contribution in [0.15, 0.2) is 18.2 Å². The molecule has 16 heavy (non-hydrogen) atoms. The molecule has 0 aliphatic carbocycles. The Labute approximate surface area is 97.4 Å². The van der Waals surface area contributed by atoms with Gasteiger partial charge in [0.25, 0.3) is 0 Å². The van der Waals surface area contributed by atoms with Gasteiger partial charge in [-0.25, -0.2) is 0 Å². The van der Waals surface area contributed by atoms with Crippen LogP contribution in [0.2, 0.25) is 0 Å². The van der Waals surface area contributed by atoms with Crippen molar-refractivity contribution < 1.29 is 4.74 Å². The van der Waals surface area contributed by atoms with Crippen molar-refractivity contribution in [1.29, 1.82) is 0 Å². The molecule has 0 aromatic heterocycles. The van der Waals surface area contributed by atoms with Crippen LogP contribution in [0.25, 0.3) is 0 Å². The first-order valence-corrected chi connectivity index (χ1v) is 5.83. The van der Waals surface area contributed by atoms with Crippen molar-refractivity contribution in [2.24, 2.45) is 0 Å². The third-order valence-electron chi connectivity index (χ3n) is 3.10. The van der Waals surface area contributed by atoms with Crippen molar-refractivity contribution >= 4 is 11.4 Å². The number of nitrogens with one attached hydrogen (secondary N) is 1. The number of nitrogens with zero attached hydrogens (tertiary/aromatic N) is 1. The highest BCUT2D eigenvalue weighted by Gasteiger charge is 2.24. The van der Waals surface area contributed by atoms with Crippen molar-refractivity contribution in [2.75, 3.05) is 23.9 Å². The van der Waals surface area contributed by atoms with Crippen LogP contribution in [0, 0.1) is 0 Å². The molecule has 1 unspecified atom stereocenters. The third kappa shape index (κ3) is 1.82. The highest BCUT2D eigenvalue weighted by molar-refractivity contribution is 5.74. The van der Waals surface area contributed by atoms with Gasteiger partial charge in [-0.05, 0) is 32.9 Å². The second-order valence-corrected chi connectivity index (χ2v) is 4.61. The number of hydrogen-bond acceptors (Lipinski definition) is 3. The Morgan fingerprint density at radius 3 is 2.81 bits per heavy atom. The Morgan fingerprint density at radius 2 is 2.19 bits per heavy atom. The van der Waals surface area contributed by atoms with Gasteiger partial charge in [-0.15, -0.1) is 0 Å². The van der Waals surface area contributed by atoms with Crippen LogP contribution in [0.3, 0.4) is 0 Å². The Morgan fingerprint density at radius 1 is 1.44 bits per heavy atom. The molecule has 0 spiro atoms. The van der Waals surface area contributed by atoms with Gasteiger partial charge >= 0.3 is 0 Å². The van der Waals surface area contributed by atoms with E-state index in [4.69, 9.17) is 4.74 Å². The van der Waals surface area contributed by atoms with E-state index in [2.05, 4.69) is 43.1 Å². The molecule has 3 nitrogen and oxygen atoms in total. The lowest BCUT2D eigenvalue weighted by Gasteiger charge is -2.40. The zero-order valence-corrected chi connectivity index (χ0v) is 10.4. The summed E-state index contributed by atoms with van der Waals surface area (Å²) in [5.41, 5.74) is 2.45. The fourth-order valence-corrected chi connectivity index (χ4v) is 2.39. The van der Waals surface area contributed by atoms with Gasteiger partial charge in [0.15, 0.2) is 0 Å². The molecule has 1 heterocycles. The summed E-state index contributed by atoms with van der Waals surface area (Å²) in [6.07, 6.45) is 0. The smallest absolute Gasteiger partial charge is 0.121 e. The molecule has 3 heteroatoms. The molecule has 2 rings (SSSR count). The molecule has 1 atom stereocenters. The van der Waals surface area contributed by atoms with Gasteiger partial charge in [0.1, 0.15) is 5.75 Å². The molecular formula is C13H20N2O. The van der Waals surface area contributed by atoms with Gasteiger partial charge in [0.2, 0.25) is 0 Å². The third-order valence-corrected chi connectivity index (χ3v) is 3.10. The van der Waals surface area contributed by atoms with Crippen molar-refractivity contribution in [2.45, 2.75) is 32.9 Å². The quantitative estimate of drug-likeness (QED) is 0.829. The van der Waals surface area contributed by atoms with E-state index in [9.17, 15) is 0 Å². The second kappa shape index (κ2) is 4.24. The highest BCUT2D eigenvalue weighted by atomic mass is 16.5. The van der Waals surface area contributed by atoms with Crippen molar-refractivity contribution in [1.82, 2.24) is 0 Å². The van der Waals surface area contributed by atoms with Gasteiger partial charge in [-0.3, -0.25) is 0 Å². The largest absolute Gasteiger partial charge is 0.497 e. The summed E-state index contributed by atoms with van der Waals surface area (Å²) in [6, 6.07) is 7.27. The molecule has 1 aliphatic heterocycles. The minimum Gasteiger partial charge on any atom is -0.497 e. The summed E-state index contributed by atoms with van der Waals surface area (Å²) in [5, 5.41) is 3.45. The standard InChI is InChI=1S/C13H20N2O/c1-9(2)15-10(3)8-14-12-7-11(16-4)5-6-13(12)15/h5-7,9-10,14H,8H2,1-4H3. The van der Waals surface area contributed by atoms with Crippen LogP contribution in [0.1, 0.15) is 20.8 Å². The lowest BCUT2D eigenvalue weighted by atomic mass is 10.1. The summed E-state index contributed by atoms with van der Waals surface area (Å²) in [4.78, 5) is 2.45. The summed E-state index contributed by atoms with van der Waals surface area (Å²) in [5.74, 6) is 0.907. The molecule has 0 saturated carbocycles. The minimum atomic E-state index is 0.518. The number of ether oxygens (including phenoxy) is 1. The molecule has 1 aliphatic rings. The normalized spacial score (nSPS) is 19.3. The van der Waals surface area contributed by atoms with Crippen LogP contribution in [0.5, 0.6) is 5.75 Å². The molecule has 88 valence electrons. The SMILES string of the molecule is COc1ccc2c(c1)NCC(C)N2C(C)C. The summed E-state index contributed by atoms with van der Waals surface area (Å²) in [6.45, 7) is 7.70. The van der Waals surface area contributed by atoms with E-state index in [1.165, 1.54) is 11.4 Å². The molecular weight excluding hydrogens is 200 g/mol. The Balaban J connectivity index is 2.40. The Kier molecular flexibility index (Phi) is 2.95. The maximum Gasteiger partial charge on any atom is 0.121 e. The number of benzene rings is 1. The number of hydrogen-bond donors (Lipinski definition) is 1. The summed E-state index contributed by atoms with van der Waals surface area (Å²) < 4.78 is 5.24. The Hall–Kier alpha value is -1.38. The van der Waals surface area contributed by atoms with Crippen LogP contribution in [-0.4, -0.2) is 25.7 Å². The Bertz CT molecular complexity index is 376. The maximum absolute atomic E-state index is 5.24. The first-order chi connectivity index (χ1) is 7.63. The van der Waals surface area contributed by atoms with E-state index in [0.717, 1.165) is 12.3 Å². The monoisotopic (exact) mass is 220 g/mol. The first-order valence-electron chi connectivity index (χ1n) is 5.83. The fraction of sp³-hybridized carbons (Fsp3) is 0.538. The van der Waals surface area contributed by atoms with Crippen molar-refractivity contribution in [3.63, 3.8) is 0 Å². The average molecular weight is 220 g/mol. The fourth-order valence-electron chi connectivity index (χ4n) is 2.39. The van der Waals surface area contributed by atoms with Crippen molar-refractivity contribution in [3.05, 3.63) is 18.2 Å². The summed E-state index contributed by atoms with van der Waals surface area (Å²) >= 11 is 0. The number of anilines is 2. The maximum atomic E-state index is 5.24. The predicted octanol–water partition coefficient (Wildman–Crippen LogP) is 2.72. The molecule has 0 amide bonds. The van der Waals surface area contributed by atoms with Gasteiger partial charge in [-0.2, -0.15) is 0 Å². The van der Waals surface area contributed by atoms with E-state index < -0.39 is 0 Å². The average Bonchev–Trinajstić information content (AvgIpc) is 2.27. The van der Waals surface area contributed by atoms with Gasteiger partial charge in [0.05, 0.1) is 18.5 Å². The first kappa shape index (κ1) is 11.1. The molecule has 1 aromatic rings. The van der Waals surface area contributed by atoms with E-state index in [1.54, 1.807) is 7.11 Å². The van der Waals surface area contributed by atoms with Gasteiger partial charge in [-0.1, -0.05) is 0 Å². The molecule has 1 aromatic carbocycles. The molecule has 0 saturated heterocycles. The minimum absolute atomic E-state index is 0.518. The second-order valence-electron chi connectivity index (χ2n) is 4.61. The predicted molar refractivity (Wildman–Crippen MR) is 68.6 cm³/mol. The number of fused-ring (bicyclic) bond motifs is 1. The lowest BCUT2D eigenvalue weighted by Crippen LogP contribution is -2.46. The molecule has 0 bridgehead atoms. The molecule has 0 fully saturated rings. The number of rotatable bonds is 2. The van der Waals surface area contributed by atoms with E-state index in [-0.39, 0.29) is 0 Å². The van der Waals surface area contributed by atoms with E-state index >= 15 is 0 Å². The molecule has 1 N–H and O–H groups in total. The topological polar surface area (TPSA) is 24.5 Å². The van der Waals surface area contributed by atoms with Gasteiger partial charge in [0, 0.05) is 24.7 Å². The molecule has 0 radical (unpaired) electrons. The van der Waals surface area contributed by atoms with E-state index in [1.807, 2.05) is 6.07 Å². The van der Waals surface area contributed by atoms with Gasteiger partial charge < -0.3 is 15.0 Å². The van der Waals surface area contributed by atoms with Crippen molar-refractivity contribution in [3.8, 4) is 5.75 Å². The zero-order chi connectivity index (χ0) is 11.7. The summed E-state index contributed by atoms with van der Waals surface area (Å²) in [7, 11) is 1.70. The zero-order valence-electron chi connectivity index (χ0n) is 10.4. The van der Waals surface area contributed by atoms with Crippen LogP contribution >= 0.6 is 0 Å². The highest BCUT2D eigenvalue weighted by Crippen LogP contribution is 2.35.